The highest BCUT2D eigenvalue weighted by Crippen LogP contribution is 2.55. The van der Waals surface area contributed by atoms with Crippen molar-refractivity contribution >= 4 is 23.1 Å². The van der Waals surface area contributed by atoms with Crippen LogP contribution in [0.2, 0.25) is 0 Å². The van der Waals surface area contributed by atoms with Crippen molar-refractivity contribution in [3.8, 4) is 6.07 Å². The summed E-state index contributed by atoms with van der Waals surface area (Å²) < 4.78 is 0. The summed E-state index contributed by atoms with van der Waals surface area (Å²) in [5.41, 5.74) is 10.3. The maximum absolute atomic E-state index is 13.6. The maximum atomic E-state index is 13.6. The highest BCUT2D eigenvalue weighted by molar-refractivity contribution is 6.19. The highest BCUT2D eigenvalue weighted by atomic mass is 16.2. The van der Waals surface area contributed by atoms with Crippen LogP contribution in [-0.4, -0.2) is 11.7 Å². The second-order valence-electron chi connectivity index (χ2n) is 8.40. The number of carbonyl (C=O) groups is 2. The van der Waals surface area contributed by atoms with E-state index in [4.69, 9.17) is 5.73 Å². The third-order valence-corrected chi connectivity index (χ3v) is 6.44. The standard InChI is InChI=1S/C25H22N4O2/c1-14-5-3-6-16(11-14)29-20-7-4-8-21(30)22(20)25(18(13-26)23(29)27)17-12-15(2)9-10-19(17)28-24(25)31/h3,5-6,9-12H,4,7-8,27H2,1-2H3,(H,28,31)/t25-/m0/s1. The van der Waals surface area contributed by atoms with Crippen molar-refractivity contribution in [1.29, 1.82) is 5.26 Å². The molecule has 0 saturated heterocycles. The Morgan fingerprint density at radius 3 is 2.61 bits per heavy atom. The van der Waals surface area contributed by atoms with Crippen LogP contribution < -0.4 is 16.0 Å². The lowest BCUT2D eigenvalue weighted by atomic mass is 9.63. The van der Waals surface area contributed by atoms with Gasteiger partial charge < -0.3 is 11.1 Å². The topological polar surface area (TPSA) is 99.2 Å². The summed E-state index contributed by atoms with van der Waals surface area (Å²) in [5, 5.41) is 13.2. The lowest BCUT2D eigenvalue weighted by Gasteiger charge is -2.43. The first-order valence-electron chi connectivity index (χ1n) is 10.4. The van der Waals surface area contributed by atoms with Gasteiger partial charge in [-0.2, -0.15) is 5.26 Å². The Labute approximate surface area is 180 Å². The van der Waals surface area contributed by atoms with Crippen LogP contribution >= 0.6 is 0 Å². The van der Waals surface area contributed by atoms with Crippen molar-refractivity contribution < 1.29 is 9.59 Å². The second kappa shape index (κ2) is 6.58. The van der Waals surface area contributed by atoms with E-state index >= 15 is 0 Å². The van der Waals surface area contributed by atoms with Gasteiger partial charge in [-0.1, -0.05) is 29.8 Å². The van der Waals surface area contributed by atoms with E-state index in [0.29, 0.717) is 41.8 Å². The third kappa shape index (κ3) is 2.43. The molecule has 6 nitrogen and oxygen atoms in total. The zero-order chi connectivity index (χ0) is 21.9. The molecule has 2 aliphatic heterocycles. The quantitative estimate of drug-likeness (QED) is 0.747. The number of carbonyl (C=O) groups excluding carboxylic acids is 2. The molecule has 1 spiro atoms. The zero-order valence-corrected chi connectivity index (χ0v) is 17.5. The summed E-state index contributed by atoms with van der Waals surface area (Å²) in [6.45, 7) is 3.90. The Hall–Kier alpha value is -3.85. The smallest absolute Gasteiger partial charge is 0.245 e. The lowest BCUT2D eigenvalue weighted by Crippen LogP contribution is -2.50. The largest absolute Gasteiger partial charge is 0.384 e. The first kappa shape index (κ1) is 19.1. The molecule has 2 aromatic carbocycles. The lowest BCUT2D eigenvalue weighted by molar-refractivity contribution is -0.122. The van der Waals surface area contributed by atoms with Crippen LogP contribution in [0.5, 0.6) is 0 Å². The number of benzene rings is 2. The number of hydrogen-bond donors (Lipinski definition) is 2. The minimum atomic E-state index is -1.51. The number of nitrogens with one attached hydrogen (secondary N) is 1. The van der Waals surface area contributed by atoms with Gasteiger partial charge in [-0.15, -0.1) is 0 Å². The number of ketones is 1. The molecule has 1 amide bonds. The summed E-state index contributed by atoms with van der Waals surface area (Å²) in [5.74, 6) is -0.297. The Bertz CT molecular complexity index is 1280. The molecule has 0 aromatic heterocycles. The second-order valence-corrected chi connectivity index (χ2v) is 8.40. The molecule has 1 atom stereocenters. The van der Waals surface area contributed by atoms with Crippen molar-refractivity contribution in [2.45, 2.75) is 38.5 Å². The Kier molecular flexibility index (Phi) is 4.06. The fourth-order valence-electron chi connectivity index (χ4n) is 5.17. The Morgan fingerprint density at radius 2 is 1.87 bits per heavy atom. The van der Waals surface area contributed by atoms with E-state index in [-0.39, 0.29) is 23.1 Å². The number of aryl methyl sites for hydroxylation is 2. The molecule has 0 unspecified atom stereocenters. The number of amides is 1. The number of Topliss-reactive ketones (excluding diaryl/α,β-unsaturated/α-hetero) is 1. The summed E-state index contributed by atoms with van der Waals surface area (Å²) >= 11 is 0. The van der Waals surface area contributed by atoms with Gasteiger partial charge >= 0.3 is 0 Å². The van der Waals surface area contributed by atoms with Crippen molar-refractivity contribution in [2.75, 3.05) is 10.2 Å². The van der Waals surface area contributed by atoms with Crippen LogP contribution in [0.3, 0.4) is 0 Å². The molecule has 1 aliphatic carbocycles. The van der Waals surface area contributed by atoms with Gasteiger partial charge in [0.2, 0.25) is 5.91 Å². The minimum Gasteiger partial charge on any atom is -0.384 e. The van der Waals surface area contributed by atoms with Gasteiger partial charge in [0.05, 0.1) is 5.57 Å². The first-order valence-corrected chi connectivity index (χ1v) is 10.4. The minimum absolute atomic E-state index is 0.102. The summed E-state index contributed by atoms with van der Waals surface area (Å²) in [6, 6.07) is 15.6. The van der Waals surface area contributed by atoms with Crippen LogP contribution in [0.1, 0.15) is 36.0 Å². The Balaban J connectivity index is 1.90. The molecule has 154 valence electrons. The first-order chi connectivity index (χ1) is 14.9. The van der Waals surface area contributed by atoms with Gasteiger partial charge in [0, 0.05) is 34.6 Å². The number of fused-ring (bicyclic) bond motifs is 3. The van der Waals surface area contributed by atoms with Crippen molar-refractivity contribution in [3.05, 3.63) is 81.8 Å². The SMILES string of the molecule is Cc1cccc(N2C(N)=C(C#N)[C@]3(C(=O)Nc4ccc(C)cc43)C3=C2CCCC3=O)c1. The van der Waals surface area contributed by atoms with Gasteiger partial charge in [0.1, 0.15) is 17.3 Å². The zero-order valence-electron chi connectivity index (χ0n) is 17.5. The number of nitrogens with zero attached hydrogens (tertiary/aromatic N) is 2. The third-order valence-electron chi connectivity index (χ3n) is 6.44. The van der Waals surface area contributed by atoms with Crippen LogP contribution in [-0.2, 0) is 15.0 Å². The van der Waals surface area contributed by atoms with Gasteiger partial charge in [-0.25, -0.2) is 0 Å². The average molecular weight is 410 g/mol. The predicted octanol–water partition coefficient (Wildman–Crippen LogP) is 3.71. The van der Waals surface area contributed by atoms with E-state index in [9.17, 15) is 14.9 Å². The van der Waals surface area contributed by atoms with Gasteiger partial charge in [0.15, 0.2) is 5.78 Å². The molecule has 0 radical (unpaired) electrons. The summed E-state index contributed by atoms with van der Waals surface area (Å²) in [4.78, 5) is 28.8. The molecule has 0 saturated carbocycles. The maximum Gasteiger partial charge on any atom is 0.245 e. The normalized spacial score (nSPS) is 22.4. The fraction of sp³-hybridized carbons (Fsp3) is 0.240. The average Bonchev–Trinajstić information content (AvgIpc) is 3.00. The van der Waals surface area contributed by atoms with Gasteiger partial charge in [-0.05, 0) is 50.5 Å². The van der Waals surface area contributed by atoms with Crippen molar-refractivity contribution in [1.82, 2.24) is 0 Å². The molecule has 2 aromatic rings. The molecule has 3 aliphatic rings. The van der Waals surface area contributed by atoms with Crippen molar-refractivity contribution in [2.24, 2.45) is 5.73 Å². The Morgan fingerprint density at radius 1 is 1.10 bits per heavy atom. The summed E-state index contributed by atoms with van der Waals surface area (Å²) in [7, 11) is 0. The molecule has 0 fully saturated rings. The number of anilines is 2. The molecular formula is C25H22N4O2. The van der Waals surface area contributed by atoms with Crippen LogP contribution in [0.4, 0.5) is 11.4 Å². The molecular weight excluding hydrogens is 388 g/mol. The number of nitrogens with two attached hydrogens (primary N) is 1. The molecule has 3 N–H and O–H groups in total. The van der Waals surface area contributed by atoms with E-state index in [1.165, 1.54) is 0 Å². The van der Waals surface area contributed by atoms with E-state index in [2.05, 4.69) is 11.4 Å². The van der Waals surface area contributed by atoms with Crippen LogP contribution in [0, 0.1) is 25.2 Å². The van der Waals surface area contributed by atoms with E-state index < -0.39 is 5.41 Å². The van der Waals surface area contributed by atoms with Crippen molar-refractivity contribution in [3.63, 3.8) is 0 Å². The van der Waals surface area contributed by atoms with Crippen LogP contribution in [0.25, 0.3) is 0 Å². The highest BCUT2D eigenvalue weighted by Gasteiger charge is 2.60. The molecule has 2 heterocycles. The molecule has 5 rings (SSSR count). The fourth-order valence-corrected chi connectivity index (χ4v) is 5.17. The monoisotopic (exact) mass is 410 g/mol. The number of hydrogen-bond acceptors (Lipinski definition) is 5. The van der Waals surface area contributed by atoms with Gasteiger partial charge in [-0.3, -0.25) is 14.5 Å². The number of allylic oxidation sites excluding steroid dienone is 1. The molecule has 0 bridgehead atoms. The van der Waals surface area contributed by atoms with E-state index in [1.807, 2.05) is 56.3 Å². The number of nitriles is 1. The van der Waals surface area contributed by atoms with E-state index in [1.54, 1.807) is 4.90 Å². The number of rotatable bonds is 1. The van der Waals surface area contributed by atoms with Crippen LogP contribution in [0.15, 0.2) is 65.1 Å². The molecule has 6 heteroatoms. The summed E-state index contributed by atoms with van der Waals surface area (Å²) in [6.07, 6.45) is 1.62. The van der Waals surface area contributed by atoms with Gasteiger partial charge in [0.25, 0.3) is 0 Å². The molecule has 31 heavy (non-hydrogen) atoms. The van der Waals surface area contributed by atoms with E-state index in [0.717, 1.165) is 16.8 Å². The predicted molar refractivity (Wildman–Crippen MR) is 118 cm³/mol.